The average Bonchev–Trinajstić information content (AvgIpc) is 2.96. The van der Waals surface area contributed by atoms with Crippen LogP contribution in [0.1, 0.15) is 26.2 Å². The summed E-state index contributed by atoms with van der Waals surface area (Å²) in [6.07, 6.45) is 4.22. The molecule has 1 unspecified atom stereocenters. The Labute approximate surface area is 126 Å². The van der Waals surface area contributed by atoms with Gasteiger partial charge in [0.2, 0.25) is 10.0 Å². The normalized spacial score (nSPS) is 20.5. The van der Waals surface area contributed by atoms with Crippen molar-refractivity contribution < 1.29 is 8.42 Å². The van der Waals surface area contributed by atoms with Crippen molar-refractivity contribution in [3.8, 4) is 0 Å². The number of rotatable bonds is 6. The van der Waals surface area contributed by atoms with E-state index in [1.807, 2.05) is 25.9 Å². The third-order valence-corrected chi connectivity index (χ3v) is 5.66. The van der Waals surface area contributed by atoms with Crippen molar-refractivity contribution in [2.75, 3.05) is 32.9 Å². The van der Waals surface area contributed by atoms with E-state index < -0.39 is 10.0 Å². The highest BCUT2D eigenvalue weighted by Gasteiger charge is 2.37. The minimum Gasteiger partial charge on any atom is -0.381 e. The first-order valence-corrected chi connectivity index (χ1v) is 8.79. The van der Waals surface area contributed by atoms with E-state index in [2.05, 4.69) is 5.10 Å². The number of aryl methyl sites for hydroxylation is 1. The summed E-state index contributed by atoms with van der Waals surface area (Å²) in [5, 5.41) is 4.10. The lowest BCUT2D eigenvalue weighted by Crippen LogP contribution is -2.41. The Kier molecular flexibility index (Phi) is 4.90. The van der Waals surface area contributed by atoms with Gasteiger partial charge in [-0.2, -0.15) is 9.40 Å². The van der Waals surface area contributed by atoms with Crippen LogP contribution in [-0.2, 0) is 16.6 Å². The largest absolute Gasteiger partial charge is 0.381 e. The fourth-order valence-electron chi connectivity index (χ4n) is 2.82. The topological polar surface area (TPSA) is 84.5 Å². The summed E-state index contributed by atoms with van der Waals surface area (Å²) in [5.74, 6) is 0.0963. The van der Waals surface area contributed by atoms with Gasteiger partial charge in [0.1, 0.15) is 4.90 Å². The fourth-order valence-corrected chi connectivity index (χ4v) is 4.56. The van der Waals surface area contributed by atoms with Gasteiger partial charge < -0.3 is 10.6 Å². The number of hydrogen-bond acceptors (Lipinski definition) is 5. The highest BCUT2D eigenvalue weighted by atomic mass is 32.2. The molecular formula is C13H25N5O2S. The SMILES string of the molecule is CCCn1cc(S(=O)(=O)N2CCCC2CN(C)C)c(N)n1. The van der Waals surface area contributed by atoms with Gasteiger partial charge in [-0.05, 0) is 33.4 Å². The van der Waals surface area contributed by atoms with E-state index >= 15 is 0 Å². The molecule has 1 aromatic heterocycles. The Hall–Kier alpha value is -1.12. The molecule has 1 aromatic rings. The van der Waals surface area contributed by atoms with E-state index in [1.54, 1.807) is 15.2 Å². The van der Waals surface area contributed by atoms with E-state index in [-0.39, 0.29) is 16.8 Å². The van der Waals surface area contributed by atoms with Gasteiger partial charge in [-0.1, -0.05) is 6.92 Å². The van der Waals surface area contributed by atoms with E-state index in [4.69, 9.17) is 5.73 Å². The number of anilines is 1. The molecule has 1 fully saturated rings. The molecule has 1 atom stereocenters. The average molecular weight is 315 g/mol. The van der Waals surface area contributed by atoms with Crippen LogP contribution in [0.2, 0.25) is 0 Å². The number of aromatic nitrogens is 2. The predicted octanol–water partition coefficient (Wildman–Crippen LogP) is 0.590. The fraction of sp³-hybridized carbons (Fsp3) is 0.769. The second-order valence-electron chi connectivity index (χ2n) is 5.82. The Bertz CT molecular complexity index is 581. The molecule has 1 aliphatic rings. The van der Waals surface area contributed by atoms with Crippen LogP contribution in [0.25, 0.3) is 0 Å². The summed E-state index contributed by atoms with van der Waals surface area (Å²) in [5.41, 5.74) is 5.82. The first kappa shape index (κ1) is 16.3. The first-order valence-electron chi connectivity index (χ1n) is 7.35. The number of likely N-dealkylation sites (N-methyl/N-ethyl adjacent to an activating group) is 1. The van der Waals surface area contributed by atoms with Gasteiger partial charge in [-0.3, -0.25) is 4.68 Å². The Morgan fingerprint density at radius 1 is 1.48 bits per heavy atom. The Balaban J connectivity index is 2.28. The van der Waals surface area contributed by atoms with Crippen LogP contribution in [0.3, 0.4) is 0 Å². The lowest BCUT2D eigenvalue weighted by Gasteiger charge is -2.26. The maximum Gasteiger partial charge on any atom is 0.248 e. The van der Waals surface area contributed by atoms with Crippen molar-refractivity contribution >= 4 is 15.8 Å². The lowest BCUT2D eigenvalue weighted by molar-refractivity contribution is 0.291. The van der Waals surface area contributed by atoms with Gasteiger partial charge in [-0.25, -0.2) is 8.42 Å². The van der Waals surface area contributed by atoms with Crippen LogP contribution in [0.5, 0.6) is 0 Å². The summed E-state index contributed by atoms with van der Waals surface area (Å²) in [4.78, 5) is 2.16. The molecule has 1 aliphatic heterocycles. The molecule has 2 N–H and O–H groups in total. The number of nitrogen functional groups attached to an aromatic ring is 1. The number of hydrogen-bond donors (Lipinski definition) is 1. The molecule has 0 amide bonds. The van der Waals surface area contributed by atoms with Crippen molar-refractivity contribution in [3.05, 3.63) is 6.20 Å². The zero-order chi connectivity index (χ0) is 15.6. The van der Waals surface area contributed by atoms with Crippen LogP contribution in [-0.4, -0.2) is 60.6 Å². The Morgan fingerprint density at radius 2 is 2.19 bits per heavy atom. The minimum atomic E-state index is -3.56. The molecule has 0 saturated carbocycles. The van der Waals surface area contributed by atoms with E-state index in [0.717, 1.165) is 25.8 Å². The third-order valence-electron chi connectivity index (χ3n) is 3.69. The van der Waals surface area contributed by atoms with Gasteiger partial charge in [-0.15, -0.1) is 0 Å². The summed E-state index contributed by atoms with van der Waals surface area (Å²) < 4.78 is 28.9. The van der Waals surface area contributed by atoms with E-state index in [1.165, 1.54) is 0 Å². The second-order valence-corrected chi connectivity index (χ2v) is 7.67. The van der Waals surface area contributed by atoms with Crippen LogP contribution in [0.15, 0.2) is 11.1 Å². The van der Waals surface area contributed by atoms with Gasteiger partial charge in [0.15, 0.2) is 5.82 Å². The van der Waals surface area contributed by atoms with Crippen LogP contribution in [0.4, 0.5) is 5.82 Å². The number of nitrogens with zero attached hydrogens (tertiary/aromatic N) is 4. The molecule has 0 spiro atoms. The zero-order valence-corrected chi connectivity index (χ0v) is 13.8. The van der Waals surface area contributed by atoms with Crippen molar-refractivity contribution in [2.24, 2.45) is 0 Å². The molecular weight excluding hydrogens is 290 g/mol. The molecule has 1 saturated heterocycles. The van der Waals surface area contributed by atoms with Crippen molar-refractivity contribution in [3.63, 3.8) is 0 Å². The van der Waals surface area contributed by atoms with Gasteiger partial charge >= 0.3 is 0 Å². The van der Waals surface area contributed by atoms with Crippen LogP contribution >= 0.6 is 0 Å². The molecule has 120 valence electrons. The van der Waals surface area contributed by atoms with Crippen molar-refractivity contribution in [1.82, 2.24) is 19.0 Å². The lowest BCUT2D eigenvalue weighted by atomic mass is 10.2. The van der Waals surface area contributed by atoms with Gasteiger partial charge in [0.05, 0.1) is 0 Å². The molecule has 0 aromatic carbocycles. The van der Waals surface area contributed by atoms with E-state index in [9.17, 15) is 8.42 Å². The quantitative estimate of drug-likeness (QED) is 0.830. The molecule has 7 nitrogen and oxygen atoms in total. The highest BCUT2D eigenvalue weighted by Crippen LogP contribution is 2.28. The second kappa shape index (κ2) is 6.33. The maximum atomic E-state index is 12.8. The summed E-state index contributed by atoms with van der Waals surface area (Å²) in [6, 6.07) is 0.0129. The standard InChI is InChI=1S/C13H25N5O2S/c1-4-7-17-10-12(13(14)15-17)21(19,20)18-8-5-6-11(18)9-16(2)3/h10-11H,4-9H2,1-3H3,(H2,14,15). The van der Waals surface area contributed by atoms with E-state index in [0.29, 0.717) is 13.1 Å². The monoisotopic (exact) mass is 315 g/mol. The molecule has 0 radical (unpaired) electrons. The zero-order valence-electron chi connectivity index (χ0n) is 13.0. The molecule has 2 rings (SSSR count). The molecule has 0 bridgehead atoms. The molecule has 0 aliphatic carbocycles. The van der Waals surface area contributed by atoms with Crippen LogP contribution < -0.4 is 5.73 Å². The minimum absolute atomic E-state index is 0.0129. The van der Waals surface area contributed by atoms with Gasteiger partial charge in [0, 0.05) is 31.9 Å². The summed E-state index contributed by atoms with van der Waals surface area (Å²) >= 11 is 0. The summed E-state index contributed by atoms with van der Waals surface area (Å²) in [7, 11) is 0.347. The third kappa shape index (κ3) is 3.38. The van der Waals surface area contributed by atoms with Crippen molar-refractivity contribution in [2.45, 2.75) is 43.7 Å². The molecule has 2 heterocycles. The van der Waals surface area contributed by atoms with Crippen LogP contribution in [0, 0.1) is 0 Å². The molecule has 21 heavy (non-hydrogen) atoms. The number of sulfonamides is 1. The molecule has 8 heteroatoms. The highest BCUT2D eigenvalue weighted by molar-refractivity contribution is 7.89. The maximum absolute atomic E-state index is 12.8. The smallest absolute Gasteiger partial charge is 0.248 e. The predicted molar refractivity (Wildman–Crippen MR) is 82.4 cm³/mol. The summed E-state index contributed by atoms with van der Waals surface area (Å²) in [6.45, 7) is 3.96. The van der Waals surface area contributed by atoms with Gasteiger partial charge in [0.25, 0.3) is 0 Å². The van der Waals surface area contributed by atoms with Crippen molar-refractivity contribution in [1.29, 1.82) is 0 Å². The number of nitrogens with two attached hydrogens (primary N) is 1. The Morgan fingerprint density at radius 3 is 2.81 bits per heavy atom. The first-order chi connectivity index (χ1) is 9.86.